The summed E-state index contributed by atoms with van der Waals surface area (Å²) in [7, 11) is 1.55. The van der Waals surface area contributed by atoms with Gasteiger partial charge in [0.05, 0.1) is 12.1 Å². The van der Waals surface area contributed by atoms with E-state index >= 15 is 0 Å². The standard InChI is InChI=1S/C12H23N3O3.H2/c1-6-7(2)10(15-8(3)16)11(12(17)14-4)18-9(6)5-13;/h6-7,9-11H,5,13H2,1-4H3,(H,14,17)(H,15,16);1H/t6?,7?,9-,10?,11-;/m1./s1. The van der Waals surface area contributed by atoms with Crippen LogP contribution in [-0.4, -0.2) is 43.7 Å². The third-order valence-electron chi connectivity index (χ3n) is 3.74. The van der Waals surface area contributed by atoms with Crippen LogP contribution < -0.4 is 16.4 Å². The molecule has 1 heterocycles. The van der Waals surface area contributed by atoms with Crippen LogP contribution in [0.1, 0.15) is 22.2 Å². The maximum absolute atomic E-state index is 11.8. The number of amides is 2. The molecular weight excluding hydrogens is 234 g/mol. The Bertz CT molecular complexity index is 327. The third kappa shape index (κ3) is 3.00. The summed E-state index contributed by atoms with van der Waals surface area (Å²) < 4.78 is 5.73. The first-order valence-electron chi connectivity index (χ1n) is 6.26. The minimum absolute atomic E-state index is 0. The van der Waals surface area contributed by atoms with Gasteiger partial charge in [-0.05, 0) is 11.8 Å². The monoisotopic (exact) mass is 259 g/mol. The lowest BCUT2D eigenvalue weighted by Crippen LogP contribution is -2.62. The Morgan fingerprint density at radius 3 is 2.39 bits per heavy atom. The van der Waals surface area contributed by atoms with Crippen LogP contribution in [0.3, 0.4) is 0 Å². The Hall–Kier alpha value is -1.14. The Balaban J connectivity index is 0.00000324. The van der Waals surface area contributed by atoms with Crippen LogP contribution in [-0.2, 0) is 14.3 Å². The maximum atomic E-state index is 11.8. The SMILES string of the molecule is CNC(=O)[C@@H]1O[C@H](CN)C(C)C(C)C1NC(C)=O.[HH]. The molecule has 1 fully saturated rings. The molecule has 5 atom stereocenters. The van der Waals surface area contributed by atoms with E-state index in [0.29, 0.717) is 6.54 Å². The molecule has 0 bridgehead atoms. The molecule has 106 valence electrons. The number of ether oxygens (including phenoxy) is 1. The molecule has 4 N–H and O–H groups in total. The van der Waals surface area contributed by atoms with Crippen LogP contribution in [0.4, 0.5) is 0 Å². The largest absolute Gasteiger partial charge is 0.361 e. The second-order valence-corrected chi connectivity index (χ2v) is 4.89. The summed E-state index contributed by atoms with van der Waals surface area (Å²) in [5.74, 6) is -0.0834. The van der Waals surface area contributed by atoms with Crippen LogP contribution in [0, 0.1) is 11.8 Å². The van der Waals surface area contributed by atoms with Crippen molar-refractivity contribution < 1.29 is 15.8 Å². The van der Waals surface area contributed by atoms with E-state index in [1.807, 2.05) is 13.8 Å². The number of hydrogen-bond donors (Lipinski definition) is 3. The number of carbonyl (C=O) groups excluding carboxylic acids is 2. The summed E-state index contributed by atoms with van der Waals surface area (Å²) in [6, 6.07) is -0.319. The zero-order valence-electron chi connectivity index (χ0n) is 11.4. The van der Waals surface area contributed by atoms with Gasteiger partial charge in [-0.2, -0.15) is 0 Å². The zero-order valence-corrected chi connectivity index (χ0v) is 11.4. The molecule has 1 saturated heterocycles. The number of carbonyl (C=O) groups is 2. The lowest BCUT2D eigenvalue weighted by molar-refractivity contribution is -0.157. The van der Waals surface area contributed by atoms with E-state index in [-0.39, 0.29) is 37.2 Å². The zero-order chi connectivity index (χ0) is 13.9. The molecule has 0 radical (unpaired) electrons. The van der Waals surface area contributed by atoms with E-state index in [0.717, 1.165) is 0 Å². The van der Waals surface area contributed by atoms with E-state index in [4.69, 9.17) is 10.5 Å². The van der Waals surface area contributed by atoms with E-state index < -0.39 is 6.10 Å². The van der Waals surface area contributed by atoms with Gasteiger partial charge >= 0.3 is 0 Å². The molecule has 18 heavy (non-hydrogen) atoms. The molecule has 0 aromatic rings. The Morgan fingerprint density at radius 2 is 1.94 bits per heavy atom. The van der Waals surface area contributed by atoms with Crippen molar-refractivity contribution in [3.63, 3.8) is 0 Å². The number of nitrogens with one attached hydrogen (secondary N) is 2. The highest BCUT2D eigenvalue weighted by Gasteiger charge is 2.44. The quantitative estimate of drug-likeness (QED) is 0.636. The molecular formula is C12H25N3O3. The van der Waals surface area contributed by atoms with Crippen LogP contribution >= 0.6 is 0 Å². The first-order valence-corrected chi connectivity index (χ1v) is 6.26. The van der Waals surface area contributed by atoms with Gasteiger partial charge in [-0.15, -0.1) is 0 Å². The van der Waals surface area contributed by atoms with Crippen molar-refractivity contribution in [2.24, 2.45) is 17.6 Å². The lowest BCUT2D eigenvalue weighted by Gasteiger charge is -2.44. The first-order chi connectivity index (χ1) is 8.42. The number of likely N-dealkylation sites (N-methyl/N-ethyl adjacent to an activating group) is 1. The molecule has 3 unspecified atom stereocenters. The fourth-order valence-corrected chi connectivity index (χ4v) is 2.42. The molecule has 1 aliphatic rings. The molecule has 0 saturated carbocycles. The molecule has 1 aliphatic heterocycles. The second-order valence-electron chi connectivity index (χ2n) is 4.89. The summed E-state index contributed by atoms with van der Waals surface area (Å²) in [4.78, 5) is 23.1. The molecule has 0 aliphatic carbocycles. The number of nitrogens with two attached hydrogens (primary N) is 1. The molecule has 0 aromatic carbocycles. The van der Waals surface area contributed by atoms with Gasteiger partial charge in [-0.25, -0.2) is 0 Å². The topological polar surface area (TPSA) is 93.4 Å². The Morgan fingerprint density at radius 1 is 1.33 bits per heavy atom. The van der Waals surface area contributed by atoms with Crippen molar-refractivity contribution >= 4 is 11.8 Å². The van der Waals surface area contributed by atoms with Crippen molar-refractivity contribution in [3.05, 3.63) is 0 Å². The van der Waals surface area contributed by atoms with E-state index in [1.165, 1.54) is 6.92 Å². The maximum Gasteiger partial charge on any atom is 0.251 e. The van der Waals surface area contributed by atoms with Crippen molar-refractivity contribution in [3.8, 4) is 0 Å². The highest BCUT2D eigenvalue weighted by atomic mass is 16.5. The molecule has 6 heteroatoms. The van der Waals surface area contributed by atoms with Crippen molar-refractivity contribution in [1.29, 1.82) is 0 Å². The van der Waals surface area contributed by atoms with Crippen molar-refractivity contribution in [2.45, 2.75) is 39.0 Å². The van der Waals surface area contributed by atoms with Gasteiger partial charge < -0.3 is 21.1 Å². The average molecular weight is 259 g/mol. The van der Waals surface area contributed by atoms with Crippen LogP contribution in [0.2, 0.25) is 0 Å². The molecule has 0 spiro atoms. The number of rotatable bonds is 3. The van der Waals surface area contributed by atoms with E-state index in [1.54, 1.807) is 7.05 Å². The van der Waals surface area contributed by atoms with Crippen LogP contribution in [0.5, 0.6) is 0 Å². The summed E-state index contributed by atoms with van der Waals surface area (Å²) in [6.07, 6.45) is -0.842. The van der Waals surface area contributed by atoms with Gasteiger partial charge in [-0.1, -0.05) is 13.8 Å². The van der Waals surface area contributed by atoms with Crippen LogP contribution in [0.15, 0.2) is 0 Å². The van der Waals surface area contributed by atoms with Gasteiger partial charge in [0.2, 0.25) is 5.91 Å². The molecule has 2 amide bonds. The van der Waals surface area contributed by atoms with E-state index in [9.17, 15) is 9.59 Å². The molecule has 0 aromatic heterocycles. The fraction of sp³-hybridized carbons (Fsp3) is 0.833. The normalized spacial score (nSPS) is 35.9. The van der Waals surface area contributed by atoms with Crippen LogP contribution in [0.25, 0.3) is 0 Å². The lowest BCUT2D eigenvalue weighted by atomic mass is 9.79. The third-order valence-corrected chi connectivity index (χ3v) is 3.74. The fourth-order valence-electron chi connectivity index (χ4n) is 2.42. The smallest absolute Gasteiger partial charge is 0.251 e. The number of hydrogen-bond acceptors (Lipinski definition) is 4. The highest BCUT2D eigenvalue weighted by molar-refractivity contribution is 5.83. The van der Waals surface area contributed by atoms with Gasteiger partial charge in [0.1, 0.15) is 0 Å². The minimum atomic E-state index is -0.682. The van der Waals surface area contributed by atoms with E-state index in [2.05, 4.69) is 10.6 Å². The summed E-state index contributed by atoms with van der Waals surface area (Å²) in [5, 5.41) is 5.37. The predicted octanol–water partition coefficient (Wildman–Crippen LogP) is -0.519. The van der Waals surface area contributed by atoms with Crippen molar-refractivity contribution in [1.82, 2.24) is 10.6 Å². The van der Waals surface area contributed by atoms with Gasteiger partial charge in [0.15, 0.2) is 6.10 Å². The van der Waals surface area contributed by atoms with Gasteiger partial charge in [-0.3, -0.25) is 9.59 Å². The van der Waals surface area contributed by atoms with Crippen molar-refractivity contribution in [2.75, 3.05) is 13.6 Å². The summed E-state index contributed by atoms with van der Waals surface area (Å²) in [5.41, 5.74) is 5.66. The molecule has 1 rings (SSSR count). The summed E-state index contributed by atoms with van der Waals surface area (Å²) >= 11 is 0. The first kappa shape index (κ1) is 14.9. The van der Waals surface area contributed by atoms with Gasteiger partial charge in [0, 0.05) is 21.9 Å². The van der Waals surface area contributed by atoms with Gasteiger partial charge in [0.25, 0.3) is 5.91 Å². The Labute approximate surface area is 109 Å². The predicted molar refractivity (Wildman–Crippen MR) is 69.8 cm³/mol. The average Bonchev–Trinajstić information content (AvgIpc) is 2.34. The Kier molecular flexibility index (Phi) is 5.10. The second kappa shape index (κ2) is 6.15. The minimum Gasteiger partial charge on any atom is -0.361 e. The summed E-state index contributed by atoms with van der Waals surface area (Å²) in [6.45, 7) is 5.84. The highest BCUT2D eigenvalue weighted by Crippen LogP contribution is 2.30. The molecule has 6 nitrogen and oxygen atoms in total.